The number of likely N-dealkylation sites (N-methyl/N-ethyl adjacent to an activating group) is 1. The number of aryl methyl sites for hydroxylation is 1. The molecule has 3 rings (SSSR count). The predicted octanol–water partition coefficient (Wildman–Crippen LogP) is 2.47. The van der Waals surface area contributed by atoms with Crippen molar-refractivity contribution >= 4 is 10.0 Å². The van der Waals surface area contributed by atoms with Crippen LogP contribution in [-0.4, -0.2) is 51.4 Å². The quantitative estimate of drug-likeness (QED) is 0.793. The van der Waals surface area contributed by atoms with Crippen LogP contribution in [0.5, 0.6) is 0 Å². The van der Waals surface area contributed by atoms with Crippen LogP contribution in [0.1, 0.15) is 23.6 Å². The first kappa shape index (κ1) is 20.0. The maximum Gasteiger partial charge on any atom is 0.240 e. The highest BCUT2D eigenvalue weighted by atomic mass is 32.2. The van der Waals surface area contributed by atoms with E-state index in [0.717, 1.165) is 50.3 Å². The van der Waals surface area contributed by atoms with Gasteiger partial charge in [-0.15, -0.1) is 0 Å². The van der Waals surface area contributed by atoms with E-state index in [1.165, 1.54) is 5.56 Å². The standard InChI is InChI=1S/C21H29N3O2S/c1-3-18-8-10-21(11-9-18)27(25,26)22-16-19-4-6-20(7-5-19)17-24-14-12-23(2)13-15-24/h4-11,22H,3,12-17H2,1-2H3. The van der Waals surface area contributed by atoms with Crippen molar-refractivity contribution < 1.29 is 8.42 Å². The fourth-order valence-corrected chi connectivity index (χ4v) is 4.21. The first-order chi connectivity index (χ1) is 13.0. The highest BCUT2D eigenvalue weighted by molar-refractivity contribution is 7.89. The van der Waals surface area contributed by atoms with Gasteiger partial charge in [-0.25, -0.2) is 13.1 Å². The van der Waals surface area contributed by atoms with Crippen molar-refractivity contribution in [2.24, 2.45) is 0 Å². The molecule has 0 unspecified atom stereocenters. The highest BCUT2D eigenvalue weighted by Gasteiger charge is 2.15. The van der Waals surface area contributed by atoms with Gasteiger partial charge >= 0.3 is 0 Å². The molecule has 1 heterocycles. The van der Waals surface area contributed by atoms with Crippen LogP contribution >= 0.6 is 0 Å². The molecule has 1 fully saturated rings. The van der Waals surface area contributed by atoms with E-state index in [1.54, 1.807) is 12.1 Å². The highest BCUT2D eigenvalue weighted by Crippen LogP contribution is 2.13. The molecule has 0 spiro atoms. The Morgan fingerprint density at radius 1 is 0.852 bits per heavy atom. The third-order valence-corrected chi connectivity index (χ3v) is 6.55. The van der Waals surface area contributed by atoms with E-state index in [4.69, 9.17) is 0 Å². The van der Waals surface area contributed by atoms with Gasteiger partial charge in [0, 0.05) is 39.3 Å². The van der Waals surface area contributed by atoms with E-state index in [-0.39, 0.29) is 0 Å². The van der Waals surface area contributed by atoms with Gasteiger partial charge in [0.25, 0.3) is 0 Å². The van der Waals surface area contributed by atoms with Gasteiger partial charge in [0.05, 0.1) is 4.90 Å². The number of rotatable bonds is 7. The fraction of sp³-hybridized carbons (Fsp3) is 0.429. The summed E-state index contributed by atoms with van der Waals surface area (Å²) in [6, 6.07) is 15.3. The molecule has 2 aromatic carbocycles. The summed E-state index contributed by atoms with van der Waals surface area (Å²) in [5.74, 6) is 0. The smallest absolute Gasteiger partial charge is 0.240 e. The summed E-state index contributed by atoms with van der Waals surface area (Å²) >= 11 is 0. The Kier molecular flexibility index (Phi) is 6.65. The predicted molar refractivity (Wildman–Crippen MR) is 109 cm³/mol. The van der Waals surface area contributed by atoms with E-state index in [9.17, 15) is 8.42 Å². The topological polar surface area (TPSA) is 52.7 Å². The molecule has 0 aromatic heterocycles. The van der Waals surface area contributed by atoms with Crippen LogP contribution in [0.4, 0.5) is 0 Å². The second kappa shape index (κ2) is 8.97. The molecule has 6 heteroatoms. The van der Waals surface area contributed by atoms with E-state index < -0.39 is 10.0 Å². The molecule has 0 amide bonds. The van der Waals surface area contributed by atoms with Crippen molar-refractivity contribution in [1.82, 2.24) is 14.5 Å². The molecule has 1 N–H and O–H groups in total. The third-order valence-electron chi connectivity index (χ3n) is 5.13. The van der Waals surface area contributed by atoms with Crippen LogP contribution in [0.3, 0.4) is 0 Å². The molecule has 1 aliphatic heterocycles. The fourth-order valence-electron chi connectivity index (χ4n) is 3.19. The summed E-state index contributed by atoms with van der Waals surface area (Å²) in [7, 11) is -1.33. The summed E-state index contributed by atoms with van der Waals surface area (Å²) in [6.07, 6.45) is 0.897. The van der Waals surface area contributed by atoms with Crippen molar-refractivity contribution in [3.63, 3.8) is 0 Å². The van der Waals surface area contributed by atoms with Gasteiger partial charge in [-0.1, -0.05) is 43.3 Å². The minimum absolute atomic E-state index is 0.298. The van der Waals surface area contributed by atoms with Crippen LogP contribution < -0.4 is 4.72 Å². The molecule has 2 aromatic rings. The first-order valence-corrected chi connectivity index (χ1v) is 11.0. The Labute approximate surface area is 163 Å². The molecule has 5 nitrogen and oxygen atoms in total. The van der Waals surface area contributed by atoms with Gasteiger partial charge in [0.15, 0.2) is 0 Å². The van der Waals surface area contributed by atoms with Crippen LogP contribution in [0.2, 0.25) is 0 Å². The lowest BCUT2D eigenvalue weighted by Gasteiger charge is -2.32. The lowest BCUT2D eigenvalue weighted by Crippen LogP contribution is -2.43. The molecule has 27 heavy (non-hydrogen) atoms. The number of hydrogen-bond donors (Lipinski definition) is 1. The second-order valence-electron chi connectivity index (χ2n) is 7.22. The summed E-state index contributed by atoms with van der Waals surface area (Å²) < 4.78 is 27.6. The van der Waals surface area contributed by atoms with Crippen molar-refractivity contribution in [2.45, 2.75) is 31.3 Å². The summed E-state index contributed by atoms with van der Waals surface area (Å²) in [4.78, 5) is 5.12. The molecule has 146 valence electrons. The van der Waals surface area contributed by atoms with Crippen molar-refractivity contribution in [3.05, 3.63) is 65.2 Å². The number of hydrogen-bond acceptors (Lipinski definition) is 4. The molecule has 0 atom stereocenters. The summed E-state index contributed by atoms with van der Waals surface area (Å²) in [5, 5.41) is 0. The van der Waals surface area contributed by atoms with E-state index in [1.807, 2.05) is 24.3 Å². The number of nitrogens with zero attached hydrogens (tertiary/aromatic N) is 2. The van der Waals surface area contributed by atoms with Gasteiger partial charge in [-0.3, -0.25) is 4.90 Å². The number of piperazine rings is 1. The van der Waals surface area contributed by atoms with Crippen LogP contribution in [0.15, 0.2) is 53.4 Å². The molecular formula is C21H29N3O2S. The van der Waals surface area contributed by atoms with Crippen LogP contribution in [-0.2, 0) is 29.5 Å². The molecule has 0 bridgehead atoms. The van der Waals surface area contributed by atoms with Gasteiger partial charge in [-0.2, -0.15) is 0 Å². The van der Waals surface area contributed by atoms with E-state index in [0.29, 0.717) is 11.4 Å². The van der Waals surface area contributed by atoms with Gasteiger partial charge in [0.1, 0.15) is 0 Å². The molecular weight excluding hydrogens is 358 g/mol. The van der Waals surface area contributed by atoms with E-state index >= 15 is 0 Å². The third kappa shape index (κ3) is 5.62. The normalized spacial score (nSPS) is 16.5. The Hall–Kier alpha value is -1.73. The Balaban J connectivity index is 1.54. The van der Waals surface area contributed by atoms with Crippen LogP contribution in [0.25, 0.3) is 0 Å². The SMILES string of the molecule is CCc1ccc(S(=O)(=O)NCc2ccc(CN3CCN(C)CC3)cc2)cc1. The van der Waals surface area contributed by atoms with Gasteiger partial charge < -0.3 is 4.90 Å². The largest absolute Gasteiger partial charge is 0.304 e. The lowest BCUT2D eigenvalue weighted by atomic mass is 10.1. The number of benzene rings is 2. The minimum atomic E-state index is -3.48. The summed E-state index contributed by atoms with van der Waals surface area (Å²) in [6.45, 7) is 7.70. The van der Waals surface area contributed by atoms with Gasteiger partial charge in [-0.05, 0) is 42.3 Å². The zero-order chi connectivity index (χ0) is 19.3. The van der Waals surface area contributed by atoms with Crippen LogP contribution in [0, 0.1) is 0 Å². The lowest BCUT2D eigenvalue weighted by molar-refractivity contribution is 0.148. The maximum absolute atomic E-state index is 12.4. The Morgan fingerprint density at radius 3 is 2.00 bits per heavy atom. The first-order valence-electron chi connectivity index (χ1n) is 9.53. The molecule has 0 radical (unpaired) electrons. The average Bonchev–Trinajstić information content (AvgIpc) is 2.69. The van der Waals surface area contributed by atoms with Crippen molar-refractivity contribution in [3.8, 4) is 0 Å². The molecule has 1 saturated heterocycles. The molecule has 1 aliphatic rings. The number of sulfonamides is 1. The number of nitrogens with one attached hydrogen (secondary N) is 1. The maximum atomic E-state index is 12.4. The van der Waals surface area contributed by atoms with E-state index in [2.05, 4.69) is 40.6 Å². The average molecular weight is 388 g/mol. The Morgan fingerprint density at radius 2 is 1.41 bits per heavy atom. The van der Waals surface area contributed by atoms with Crippen molar-refractivity contribution in [1.29, 1.82) is 0 Å². The van der Waals surface area contributed by atoms with Crippen molar-refractivity contribution in [2.75, 3.05) is 33.2 Å². The zero-order valence-corrected chi connectivity index (χ0v) is 17.0. The molecule has 0 aliphatic carbocycles. The Bertz CT molecular complexity index is 825. The zero-order valence-electron chi connectivity index (χ0n) is 16.2. The van der Waals surface area contributed by atoms with Gasteiger partial charge in [0.2, 0.25) is 10.0 Å². The second-order valence-corrected chi connectivity index (χ2v) is 8.98. The summed E-state index contributed by atoms with van der Waals surface area (Å²) in [5.41, 5.74) is 3.36. The molecule has 0 saturated carbocycles. The minimum Gasteiger partial charge on any atom is -0.304 e. The monoisotopic (exact) mass is 387 g/mol.